The van der Waals surface area contributed by atoms with Crippen LogP contribution in [0, 0.1) is 23.6 Å². The highest BCUT2D eigenvalue weighted by atomic mass is 35.5. The first kappa shape index (κ1) is 14.3. The van der Waals surface area contributed by atoms with Crippen molar-refractivity contribution in [2.75, 3.05) is 6.54 Å². The number of halogens is 2. The number of aliphatic hydroxyl groups is 1. The van der Waals surface area contributed by atoms with Crippen molar-refractivity contribution in [1.82, 2.24) is 0 Å². The molecule has 4 heteroatoms. The maximum Gasteiger partial charge on any atom is 0.128 e. The molecule has 0 amide bonds. The lowest BCUT2D eigenvalue weighted by molar-refractivity contribution is 0.111. The van der Waals surface area contributed by atoms with Crippen LogP contribution in [0.2, 0.25) is 5.02 Å². The number of benzene rings is 1. The van der Waals surface area contributed by atoms with Gasteiger partial charge in [0.05, 0.1) is 6.10 Å². The van der Waals surface area contributed by atoms with E-state index in [0.717, 1.165) is 0 Å². The Hall–Kier alpha value is -0.640. The van der Waals surface area contributed by atoms with Gasteiger partial charge in [-0.3, -0.25) is 0 Å². The zero-order chi connectivity index (χ0) is 14.3. The van der Waals surface area contributed by atoms with Gasteiger partial charge in [0.25, 0.3) is 0 Å². The largest absolute Gasteiger partial charge is 0.392 e. The van der Waals surface area contributed by atoms with Gasteiger partial charge in [-0.05, 0) is 42.7 Å². The molecule has 0 spiro atoms. The standard InChI is InChI=1S/C16H21ClFNO/c17-12-6-3-7-13(18)15(12)11(8-19)16(20)14-9-4-1-2-5-10(9)14/h3,6-7,9-11,14,16,20H,1-2,4-5,8,19H2. The number of hydrogen-bond donors (Lipinski definition) is 2. The molecule has 4 unspecified atom stereocenters. The van der Waals surface area contributed by atoms with Crippen LogP contribution >= 0.6 is 11.6 Å². The lowest BCUT2D eigenvalue weighted by Crippen LogP contribution is -2.29. The molecule has 0 heterocycles. The third-order valence-corrected chi connectivity index (χ3v) is 5.48. The molecule has 3 N–H and O–H groups in total. The molecular formula is C16H21ClFNO. The first-order valence-electron chi connectivity index (χ1n) is 7.47. The Bertz CT molecular complexity index is 463. The highest BCUT2D eigenvalue weighted by molar-refractivity contribution is 6.31. The molecule has 1 aromatic rings. The molecule has 0 aromatic heterocycles. The van der Waals surface area contributed by atoms with Crippen molar-refractivity contribution < 1.29 is 9.50 Å². The Morgan fingerprint density at radius 2 is 1.95 bits per heavy atom. The number of aliphatic hydroxyl groups excluding tert-OH is 1. The Kier molecular flexibility index (Phi) is 4.02. The van der Waals surface area contributed by atoms with Crippen molar-refractivity contribution in [2.24, 2.45) is 23.5 Å². The average molecular weight is 298 g/mol. The Morgan fingerprint density at radius 1 is 1.30 bits per heavy atom. The summed E-state index contributed by atoms with van der Waals surface area (Å²) in [5.41, 5.74) is 6.20. The molecule has 2 nitrogen and oxygen atoms in total. The second-order valence-corrected chi connectivity index (χ2v) is 6.56. The molecule has 0 radical (unpaired) electrons. The Labute approximate surface area is 124 Å². The van der Waals surface area contributed by atoms with Gasteiger partial charge in [-0.15, -0.1) is 0 Å². The summed E-state index contributed by atoms with van der Waals surface area (Å²) in [6.07, 6.45) is 4.29. The van der Waals surface area contributed by atoms with E-state index in [-0.39, 0.29) is 18.3 Å². The van der Waals surface area contributed by atoms with Gasteiger partial charge >= 0.3 is 0 Å². The van der Waals surface area contributed by atoms with Crippen LogP contribution in [0.4, 0.5) is 4.39 Å². The minimum absolute atomic E-state index is 0.220. The summed E-state index contributed by atoms with van der Waals surface area (Å²) in [6, 6.07) is 4.63. The van der Waals surface area contributed by atoms with Crippen LogP contribution in [0.5, 0.6) is 0 Å². The van der Waals surface area contributed by atoms with E-state index < -0.39 is 12.0 Å². The Balaban J connectivity index is 1.83. The summed E-state index contributed by atoms with van der Waals surface area (Å²) in [5.74, 6) is 0.730. The summed E-state index contributed by atoms with van der Waals surface area (Å²) in [6.45, 7) is 0.220. The fourth-order valence-electron chi connectivity index (χ4n) is 4.12. The van der Waals surface area contributed by atoms with Gasteiger partial charge in [0.2, 0.25) is 0 Å². The van der Waals surface area contributed by atoms with E-state index in [2.05, 4.69) is 0 Å². The third kappa shape index (κ3) is 2.36. The fraction of sp³-hybridized carbons (Fsp3) is 0.625. The van der Waals surface area contributed by atoms with Crippen LogP contribution in [0.25, 0.3) is 0 Å². The molecule has 2 aliphatic carbocycles. The van der Waals surface area contributed by atoms with Crippen molar-refractivity contribution >= 4 is 11.6 Å². The molecule has 0 saturated heterocycles. The third-order valence-electron chi connectivity index (χ3n) is 5.15. The van der Waals surface area contributed by atoms with Gasteiger partial charge in [-0.1, -0.05) is 30.5 Å². The van der Waals surface area contributed by atoms with Crippen molar-refractivity contribution in [3.63, 3.8) is 0 Å². The molecule has 110 valence electrons. The van der Waals surface area contributed by atoms with E-state index >= 15 is 0 Å². The summed E-state index contributed by atoms with van der Waals surface area (Å²) in [5, 5.41) is 11.0. The minimum atomic E-state index is -0.581. The second-order valence-electron chi connectivity index (χ2n) is 6.16. The number of hydrogen-bond acceptors (Lipinski definition) is 2. The average Bonchev–Trinajstić information content (AvgIpc) is 3.16. The SMILES string of the molecule is NCC(c1c(F)cccc1Cl)C(O)C1C2CCCCC21. The molecule has 4 atom stereocenters. The molecule has 2 saturated carbocycles. The van der Waals surface area contributed by atoms with Crippen LogP contribution < -0.4 is 5.73 Å². The summed E-state index contributed by atoms with van der Waals surface area (Å²) < 4.78 is 14.1. The summed E-state index contributed by atoms with van der Waals surface area (Å²) >= 11 is 6.12. The van der Waals surface area contributed by atoms with Crippen molar-refractivity contribution in [2.45, 2.75) is 37.7 Å². The molecule has 3 rings (SSSR count). The predicted octanol–water partition coefficient (Wildman–Crippen LogP) is 3.32. The lowest BCUT2D eigenvalue weighted by atomic mass is 9.89. The van der Waals surface area contributed by atoms with Gasteiger partial charge in [0.15, 0.2) is 0 Å². The second kappa shape index (κ2) is 5.63. The van der Waals surface area contributed by atoms with Crippen LogP contribution in [0.15, 0.2) is 18.2 Å². The fourth-order valence-corrected chi connectivity index (χ4v) is 4.42. The smallest absolute Gasteiger partial charge is 0.128 e. The van der Waals surface area contributed by atoms with Crippen molar-refractivity contribution in [3.8, 4) is 0 Å². The van der Waals surface area contributed by atoms with Crippen LogP contribution in [0.3, 0.4) is 0 Å². The first-order chi connectivity index (χ1) is 9.65. The highest BCUT2D eigenvalue weighted by Gasteiger charge is 2.55. The van der Waals surface area contributed by atoms with E-state index in [0.29, 0.717) is 22.4 Å². The first-order valence-corrected chi connectivity index (χ1v) is 7.85. The van der Waals surface area contributed by atoms with Crippen LogP contribution in [-0.4, -0.2) is 17.8 Å². The quantitative estimate of drug-likeness (QED) is 0.895. The monoisotopic (exact) mass is 297 g/mol. The molecule has 20 heavy (non-hydrogen) atoms. The van der Waals surface area contributed by atoms with Gasteiger partial charge < -0.3 is 10.8 Å². The maximum atomic E-state index is 14.1. The number of nitrogens with two attached hydrogens (primary N) is 1. The van der Waals surface area contributed by atoms with Crippen LogP contribution in [-0.2, 0) is 0 Å². The van der Waals surface area contributed by atoms with E-state index in [1.807, 2.05) is 0 Å². The molecule has 2 aliphatic rings. The summed E-state index contributed by atoms with van der Waals surface area (Å²) in [4.78, 5) is 0. The maximum absolute atomic E-state index is 14.1. The normalized spacial score (nSPS) is 31.5. The topological polar surface area (TPSA) is 46.2 Å². The summed E-state index contributed by atoms with van der Waals surface area (Å²) in [7, 11) is 0. The van der Waals surface area contributed by atoms with Gasteiger partial charge in [-0.25, -0.2) is 4.39 Å². The predicted molar refractivity (Wildman–Crippen MR) is 78.2 cm³/mol. The van der Waals surface area contributed by atoms with Crippen molar-refractivity contribution in [3.05, 3.63) is 34.6 Å². The Morgan fingerprint density at radius 3 is 2.50 bits per heavy atom. The van der Waals surface area contributed by atoms with Crippen LogP contribution in [0.1, 0.15) is 37.2 Å². The van der Waals surface area contributed by atoms with Gasteiger partial charge in [-0.2, -0.15) is 0 Å². The van der Waals surface area contributed by atoms with E-state index in [9.17, 15) is 9.50 Å². The van der Waals surface area contributed by atoms with Gasteiger partial charge in [0.1, 0.15) is 5.82 Å². The zero-order valence-electron chi connectivity index (χ0n) is 11.4. The molecular weight excluding hydrogens is 277 g/mol. The van der Waals surface area contributed by atoms with E-state index in [4.69, 9.17) is 17.3 Å². The molecule has 0 bridgehead atoms. The highest BCUT2D eigenvalue weighted by Crippen LogP contribution is 2.58. The van der Waals surface area contributed by atoms with E-state index in [1.165, 1.54) is 31.7 Å². The van der Waals surface area contributed by atoms with Gasteiger partial charge in [0, 0.05) is 23.0 Å². The van der Waals surface area contributed by atoms with Crippen molar-refractivity contribution in [1.29, 1.82) is 0 Å². The molecule has 1 aromatic carbocycles. The zero-order valence-corrected chi connectivity index (χ0v) is 12.2. The molecule has 2 fully saturated rings. The number of rotatable bonds is 4. The number of fused-ring (bicyclic) bond motifs is 1. The minimum Gasteiger partial charge on any atom is -0.392 e. The lowest BCUT2D eigenvalue weighted by Gasteiger charge is -2.24. The van der Waals surface area contributed by atoms with E-state index in [1.54, 1.807) is 12.1 Å². The molecule has 0 aliphatic heterocycles.